The summed E-state index contributed by atoms with van der Waals surface area (Å²) < 4.78 is 22.3. The van der Waals surface area contributed by atoms with Crippen LogP contribution in [0.15, 0.2) is 52.3 Å². The number of hydrogen-bond donors (Lipinski definition) is 2. The zero-order valence-electron chi connectivity index (χ0n) is 11.6. The number of thioether (sulfide) groups is 1. The van der Waals surface area contributed by atoms with Gasteiger partial charge in [-0.25, -0.2) is 13.6 Å². The van der Waals surface area contributed by atoms with Gasteiger partial charge in [-0.2, -0.15) is 0 Å². The van der Waals surface area contributed by atoms with Crippen LogP contribution in [0.4, 0.5) is 5.69 Å². The van der Waals surface area contributed by atoms with E-state index >= 15 is 0 Å². The summed E-state index contributed by atoms with van der Waals surface area (Å²) in [6.07, 6.45) is 0. The fraction of sp³-hybridized carbons (Fsp3) is 0.0714. The fourth-order valence-electron chi connectivity index (χ4n) is 1.68. The number of halogens is 2. The first-order chi connectivity index (χ1) is 10.8. The zero-order valence-corrected chi connectivity index (χ0v) is 14.8. The molecule has 0 fully saturated rings. The Kier molecular flexibility index (Phi) is 5.94. The first-order valence-corrected chi connectivity index (χ1v) is 9.55. The van der Waals surface area contributed by atoms with Gasteiger partial charge in [-0.1, -0.05) is 29.3 Å². The number of nitrogens with one attached hydrogen (secondary N) is 1. The topological polar surface area (TPSA) is 89.3 Å². The Morgan fingerprint density at radius 3 is 2.17 bits per heavy atom. The third-order valence-electron chi connectivity index (χ3n) is 2.73. The average Bonchev–Trinajstić information content (AvgIpc) is 2.46. The van der Waals surface area contributed by atoms with Gasteiger partial charge in [0.25, 0.3) is 0 Å². The minimum absolute atomic E-state index is 0.0206. The van der Waals surface area contributed by atoms with Gasteiger partial charge in [-0.15, -0.1) is 11.8 Å². The highest BCUT2D eigenvalue weighted by Crippen LogP contribution is 2.33. The van der Waals surface area contributed by atoms with Crippen LogP contribution in [0.5, 0.6) is 0 Å². The van der Waals surface area contributed by atoms with Crippen LogP contribution in [-0.4, -0.2) is 20.1 Å². The Bertz CT molecular complexity index is 804. The Labute approximate surface area is 148 Å². The van der Waals surface area contributed by atoms with Crippen LogP contribution in [0.25, 0.3) is 0 Å². The molecule has 0 saturated heterocycles. The highest BCUT2D eigenvalue weighted by molar-refractivity contribution is 8.00. The second kappa shape index (κ2) is 7.55. The van der Waals surface area contributed by atoms with E-state index < -0.39 is 10.0 Å². The van der Waals surface area contributed by atoms with Gasteiger partial charge in [0.1, 0.15) is 0 Å². The van der Waals surface area contributed by atoms with E-state index in [-0.39, 0.29) is 16.6 Å². The Hall–Kier alpha value is -1.25. The quantitative estimate of drug-likeness (QED) is 0.765. The minimum Gasteiger partial charge on any atom is -0.325 e. The van der Waals surface area contributed by atoms with Gasteiger partial charge >= 0.3 is 0 Å². The lowest BCUT2D eigenvalue weighted by atomic mass is 10.3. The molecule has 2 aromatic carbocycles. The monoisotopic (exact) mass is 390 g/mol. The predicted molar refractivity (Wildman–Crippen MR) is 93.6 cm³/mol. The molecule has 0 radical (unpaired) electrons. The molecule has 2 rings (SSSR count). The predicted octanol–water partition coefficient (Wildman–Crippen LogP) is 3.37. The zero-order chi connectivity index (χ0) is 17.0. The third kappa shape index (κ3) is 5.12. The van der Waals surface area contributed by atoms with E-state index in [4.69, 9.17) is 28.3 Å². The molecule has 0 saturated carbocycles. The fourth-order valence-corrected chi connectivity index (χ4v) is 3.68. The van der Waals surface area contributed by atoms with Crippen LogP contribution in [0, 0.1) is 0 Å². The number of primary sulfonamides is 1. The first kappa shape index (κ1) is 18.1. The van der Waals surface area contributed by atoms with Crippen molar-refractivity contribution in [3.05, 3.63) is 52.5 Å². The summed E-state index contributed by atoms with van der Waals surface area (Å²) in [7, 11) is -3.75. The van der Waals surface area contributed by atoms with Gasteiger partial charge < -0.3 is 5.32 Å². The molecule has 0 aliphatic heterocycles. The molecular formula is C14H12Cl2N2O3S2. The summed E-state index contributed by atoms with van der Waals surface area (Å²) >= 11 is 13.3. The molecule has 122 valence electrons. The average molecular weight is 391 g/mol. The molecule has 0 unspecified atom stereocenters. The molecule has 2 aromatic rings. The van der Waals surface area contributed by atoms with Crippen molar-refractivity contribution in [1.82, 2.24) is 0 Å². The highest BCUT2D eigenvalue weighted by Gasteiger charge is 2.11. The normalized spacial score (nSPS) is 11.3. The Balaban J connectivity index is 1.97. The van der Waals surface area contributed by atoms with Crippen molar-refractivity contribution in [1.29, 1.82) is 0 Å². The molecule has 0 atom stereocenters. The van der Waals surface area contributed by atoms with Crippen molar-refractivity contribution in [3.8, 4) is 0 Å². The van der Waals surface area contributed by atoms with Crippen LogP contribution in [-0.2, 0) is 14.8 Å². The molecule has 0 bridgehead atoms. The SMILES string of the molecule is NS(=O)(=O)c1ccc(NC(=O)CSc2c(Cl)cccc2Cl)cc1. The highest BCUT2D eigenvalue weighted by atomic mass is 35.5. The molecule has 5 nitrogen and oxygen atoms in total. The van der Waals surface area contributed by atoms with Crippen molar-refractivity contribution in [2.24, 2.45) is 5.14 Å². The minimum atomic E-state index is -3.75. The van der Waals surface area contributed by atoms with Gasteiger partial charge in [-0.05, 0) is 36.4 Å². The number of anilines is 1. The van der Waals surface area contributed by atoms with Crippen molar-refractivity contribution < 1.29 is 13.2 Å². The lowest BCUT2D eigenvalue weighted by molar-refractivity contribution is -0.113. The number of sulfonamides is 1. The second-order valence-electron chi connectivity index (χ2n) is 4.46. The van der Waals surface area contributed by atoms with Crippen molar-refractivity contribution in [3.63, 3.8) is 0 Å². The second-order valence-corrected chi connectivity index (χ2v) is 7.82. The molecule has 0 aliphatic carbocycles. The summed E-state index contributed by atoms with van der Waals surface area (Å²) in [5, 5.41) is 8.61. The molecule has 0 spiro atoms. The molecular weight excluding hydrogens is 379 g/mol. The Morgan fingerprint density at radius 1 is 1.09 bits per heavy atom. The van der Waals surface area contributed by atoms with E-state index in [1.165, 1.54) is 36.0 Å². The lowest BCUT2D eigenvalue weighted by Crippen LogP contribution is -2.15. The van der Waals surface area contributed by atoms with E-state index in [9.17, 15) is 13.2 Å². The molecule has 9 heteroatoms. The van der Waals surface area contributed by atoms with Crippen LogP contribution in [0.2, 0.25) is 10.0 Å². The largest absolute Gasteiger partial charge is 0.325 e. The van der Waals surface area contributed by atoms with Gasteiger partial charge in [-0.3, -0.25) is 4.79 Å². The van der Waals surface area contributed by atoms with Gasteiger partial charge in [0, 0.05) is 10.6 Å². The van der Waals surface area contributed by atoms with Crippen molar-refractivity contribution in [2.45, 2.75) is 9.79 Å². The van der Waals surface area contributed by atoms with Crippen LogP contribution in [0.1, 0.15) is 0 Å². The van der Waals surface area contributed by atoms with Crippen LogP contribution < -0.4 is 10.5 Å². The van der Waals surface area contributed by atoms with Crippen molar-refractivity contribution >= 4 is 56.6 Å². The maximum absolute atomic E-state index is 11.9. The van der Waals surface area contributed by atoms with E-state index in [0.717, 1.165) is 0 Å². The van der Waals surface area contributed by atoms with E-state index in [1.54, 1.807) is 18.2 Å². The molecule has 0 aliphatic rings. The Morgan fingerprint density at radius 2 is 1.65 bits per heavy atom. The van der Waals surface area contributed by atoms with Gasteiger partial charge in [0.15, 0.2) is 0 Å². The van der Waals surface area contributed by atoms with Gasteiger partial charge in [0.05, 0.1) is 20.7 Å². The molecule has 3 N–H and O–H groups in total. The van der Waals surface area contributed by atoms with E-state index in [1.807, 2.05) is 0 Å². The summed E-state index contributed by atoms with van der Waals surface area (Å²) in [5.41, 5.74) is 0.466. The molecule has 1 amide bonds. The first-order valence-electron chi connectivity index (χ1n) is 6.27. The summed E-state index contributed by atoms with van der Waals surface area (Å²) in [6, 6.07) is 10.7. The van der Waals surface area contributed by atoms with Crippen LogP contribution in [0.3, 0.4) is 0 Å². The number of amides is 1. The molecule has 0 heterocycles. The number of carbonyl (C=O) groups is 1. The standard InChI is InChI=1S/C14H12Cl2N2O3S2/c15-11-2-1-3-12(16)14(11)22-8-13(19)18-9-4-6-10(7-5-9)23(17,20)21/h1-7H,8H2,(H,18,19)(H2,17,20,21). The number of nitrogens with two attached hydrogens (primary N) is 1. The maximum Gasteiger partial charge on any atom is 0.238 e. The molecule has 0 aromatic heterocycles. The smallest absolute Gasteiger partial charge is 0.238 e. The van der Waals surface area contributed by atoms with Crippen molar-refractivity contribution in [2.75, 3.05) is 11.1 Å². The summed E-state index contributed by atoms with van der Waals surface area (Å²) in [4.78, 5) is 12.5. The van der Waals surface area contributed by atoms with E-state index in [2.05, 4.69) is 5.32 Å². The summed E-state index contributed by atoms with van der Waals surface area (Å²) in [5.74, 6) is -0.158. The third-order valence-corrected chi connectivity index (χ3v) is 5.65. The summed E-state index contributed by atoms with van der Waals surface area (Å²) in [6.45, 7) is 0. The number of benzene rings is 2. The maximum atomic E-state index is 11.9. The number of rotatable bonds is 5. The number of carbonyl (C=O) groups excluding carboxylic acids is 1. The van der Waals surface area contributed by atoms with Crippen LogP contribution >= 0.6 is 35.0 Å². The number of hydrogen-bond acceptors (Lipinski definition) is 4. The molecule has 23 heavy (non-hydrogen) atoms. The lowest BCUT2D eigenvalue weighted by Gasteiger charge is -2.08. The van der Waals surface area contributed by atoms with E-state index in [0.29, 0.717) is 20.6 Å². The van der Waals surface area contributed by atoms with Gasteiger partial charge in [0.2, 0.25) is 15.9 Å².